The second kappa shape index (κ2) is 7.48. The monoisotopic (exact) mass is 397 g/mol. The third kappa shape index (κ3) is 3.47. The number of hydrogen-bond donors (Lipinski definition) is 0. The van der Waals surface area contributed by atoms with Crippen molar-refractivity contribution in [3.63, 3.8) is 0 Å². The Kier molecular flexibility index (Phi) is 5.03. The Morgan fingerprint density at radius 3 is 2.57 bits per heavy atom. The van der Waals surface area contributed by atoms with E-state index in [0.29, 0.717) is 23.3 Å². The Balaban J connectivity index is 1.66. The molecule has 0 saturated carbocycles. The van der Waals surface area contributed by atoms with Crippen molar-refractivity contribution in [2.75, 3.05) is 13.1 Å². The lowest BCUT2D eigenvalue weighted by Crippen LogP contribution is -2.49. The molecule has 2 atom stereocenters. The quantitative estimate of drug-likeness (QED) is 0.681. The van der Waals surface area contributed by atoms with Crippen LogP contribution in [0.15, 0.2) is 41.5 Å². The highest BCUT2D eigenvalue weighted by Crippen LogP contribution is 2.35. The van der Waals surface area contributed by atoms with Gasteiger partial charge in [0.1, 0.15) is 11.4 Å². The van der Waals surface area contributed by atoms with Gasteiger partial charge in [0.05, 0.1) is 23.9 Å². The summed E-state index contributed by atoms with van der Waals surface area (Å²) in [6.45, 7) is 6.94. The standard InChI is InChI=1S/C21H23N3O3S/c1-13-9-23(10-14(2)27-13)17(25)11-24-12-22-20-18(21(24)26)15(3)19(28-20)16-7-5-4-6-8-16/h4-8,12-14H,9-11H2,1-3H3/t13-,14-/m1/s1. The van der Waals surface area contributed by atoms with Gasteiger partial charge in [0.2, 0.25) is 5.91 Å². The van der Waals surface area contributed by atoms with Crippen molar-refractivity contribution >= 4 is 27.5 Å². The van der Waals surface area contributed by atoms with E-state index >= 15 is 0 Å². The van der Waals surface area contributed by atoms with Crippen LogP contribution in [0.3, 0.4) is 0 Å². The average molecular weight is 398 g/mol. The number of aromatic nitrogens is 2. The van der Waals surface area contributed by atoms with Crippen molar-refractivity contribution in [1.82, 2.24) is 14.5 Å². The number of morpholine rings is 1. The van der Waals surface area contributed by atoms with Crippen LogP contribution in [0.5, 0.6) is 0 Å². The Labute approximate surface area is 167 Å². The Hall–Kier alpha value is -2.51. The predicted molar refractivity (Wildman–Crippen MR) is 111 cm³/mol. The largest absolute Gasteiger partial charge is 0.372 e. The van der Waals surface area contributed by atoms with Crippen molar-refractivity contribution in [1.29, 1.82) is 0 Å². The summed E-state index contributed by atoms with van der Waals surface area (Å²) < 4.78 is 7.11. The third-order valence-electron chi connectivity index (χ3n) is 5.03. The van der Waals surface area contributed by atoms with E-state index in [-0.39, 0.29) is 30.2 Å². The van der Waals surface area contributed by atoms with Crippen LogP contribution in [0, 0.1) is 6.92 Å². The normalized spacial score (nSPS) is 19.9. The molecule has 146 valence electrons. The minimum Gasteiger partial charge on any atom is -0.372 e. The number of ether oxygens (including phenoxy) is 1. The second-order valence-corrected chi connectivity index (χ2v) is 8.34. The highest BCUT2D eigenvalue weighted by atomic mass is 32.1. The first-order chi connectivity index (χ1) is 13.4. The van der Waals surface area contributed by atoms with E-state index in [1.807, 2.05) is 51.1 Å². The lowest BCUT2D eigenvalue weighted by molar-refractivity contribution is -0.143. The predicted octanol–water partition coefficient (Wildman–Crippen LogP) is 3.07. The number of carbonyl (C=O) groups is 1. The molecule has 28 heavy (non-hydrogen) atoms. The molecule has 0 bridgehead atoms. The zero-order chi connectivity index (χ0) is 19.8. The van der Waals surface area contributed by atoms with E-state index < -0.39 is 0 Å². The van der Waals surface area contributed by atoms with Crippen molar-refractivity contribution in [3.8, 4) is 10.4 Å². The van der Waals surface area contributed by atoms with Gasteiger partial charge in [0.15, 0.2) is 0 Å². The molecule has 0 aliphatic carbocycles. The minimum atomic E-state index is -0.163. The average Bonchev–Trinajstić information content (AvgIpc) is 3.01. The summed E-state index contributed by atoms with van der Waals surface area (Å²) in [6.07, 6.45) is 1.48. The van der Waals surface area contributed by atoms with E-state index in [1.54, 1.807) is 4.90 Å². The molecule has 1 aromatic carbocycles. The number of benzene rings is 1. The van der Waals surface area contributed by atoms with Crippen molar-refractivity contribution < 1.29 is 9.53 Å². The lowest BCUT2D eigenvalue weighted by atomic mass is 10.1. The maximum atomic E-state index is 13.1. The van der Waals surface area contributed by atoms with Crippen LogP contribution in [-0.4, -0.2) is 45.7 Å². The molecular weight excluding hydrogens is 374 g/mol. The van der Waals surface area contributed by atoms with Gasteiger partial charge in [-0.2, -0.15) is 0 Å². The molecular formula is C21H23N3O3S. The first-order valence-corrected chi connectivity index (χ1v) is 10.2. The maximum Gasteiger partial charge on any atom is 0.262 e. The summed E-state index contributed by atoms with van der Waals surface area (Å²) in [7, 11) is 0. The second-order valence-electron chi connectivity index (χ2n) is 7.34. The molecule has 1 aliphatic rings. The van der Waals surface area contributed by atoms with Crippen LogP contribution in [0.2, 0.25) is 0 Å². The summed E-state index contributed by atoms with van der Waals surface area (Å²) in [6, 6.07) is 9.99. The fourth-order valence-corrected chi connectivity index (χ4v) is 4.91. The van der Waals surface area contributed by atoms with E-state index in [4.69, 9.17) is 4.74 Å². The third-order valence-corrected chi connectivity index (χ3v) is 6.28. The van der Waals surface area contributed by atoms with E-state index in [9.17, 15) is 9.59 Å². The molecule has 3 heterocycles. The molecule has 0 unspecified atom stereocenters. The van der Waals surface area contributed by atoms with Gasteiger partial charge in [0, 0.05) is 18.0 Å². The summed E-state index contributed by atoms with van der Waals surface area (Å²) in [5.41, 5.74) is 1.82. The molecule has 1 saturated heterocycles. The van der Waals surface area contributed by atoms with Crippen molar-refractivity contribution in [2.45, 2.75) is 39.5 Å². The maximum absolute atomic E-state index is 13.1. The highest BCUT2D eigenvalue weighted by Gasteiger charge is 2.26. The van der Waals surface area contributed by atoms with E-state index in [2.05, 4.69) is 4.98 Å². The van der Waals surface area contributed by atoms with Gasteiger partial charge < -0.3 is 9.64 Å². The van der Waals surface area contributed by atoms with Gasteiger partial charge >= 0.3 is 0 Å². The Bertz CT molecular complexity index is 1060. The molecule has 0 spiro atoms. The molecule has 7 heteroatoms. The summed E-state index contributed by atoms with van der Waals surface area (Å²) in [5.74, 6) is -0.0820. The molecule has 2 aromatic heterocycles. The van der Waals surface area contributed by atoms with Gasteiger partial charge in [-0.3, -0.25) is 14.2 Å². The van der Waals surface area contributed by atoms with Crippen LogP contribution >= 0.6 is 11.3 Å². The number of hydrogen-bond acceptors (Lipinski definition) is 5. The zero-order valence-electron chi connectivity index (χ0n) is 16.2. The number of nitrogens with zero attached hydrogens (tertiary/aromatic N) is 3. The Morgan fingerprint density at radius 1 is 1.21 bits per heavy atom. The molecule has 4 rings (SSSR count). The molecule has 3 aromatic rings. The number of aryl methyl sites for hydroxylation is 1. The molecule has 1 aliphatic heterocycles. The first-order valence-electron chi connectivity index (χ1n) is 9.41. The molecule has 1 fully saturated rings. The fourth-order valence-electron chi connectivity index (χ4n) is 3.76. The van der Waals surface area contributed by atoms with E-state index in [0.717, 1.165) is 16.0 Å². The van der Waals surface area contributed by atoms with Crippen LogP contribution in [-0.2, 0) is 16.1 Å². The number of amides is 1. The number of thiophene rings is 1. The first kappa shape index (κ1) is 18.8. The van der Waals surface area contributed by atoms with Crippen LogP contribution < -0.4 is 5.56 Å². The fraction of sp³-hybridized carbons (Fsp3) is 0.381. The van der Waals surface area contributed by atoms with Crippen molar-refractivity contribution in [3.05, 3.63) is 52.6 Å². The van der Waals surface area contributed by atoms with Crippen LogP contribution in [0.25, 0.3) is 20.7 Å². The SMILES string of the molecule is Cc1c(-c2ccccc2)sc2ncn(CC(=O)N3C[C@@H](C)O[C@H](C)C3)c(=O)c12. The number of fused-ring (bicyclic) bond motifs is 1. The smallest absolute Gasteiger partial charge is 0.262 e. The highest BCUT2D eigenvalue weighted by molar-refractivity contribution is 7.22. The zero-order valence-corrected chi connectivity index (χ0v) is 17.0. The van der Waals surface area contributed by atoms with Gasteiger partial charge in [-0.1, -0.05) is 30.3 Å². The van der Waals surface area contributed by atoms with Crippen molar-refractivity contribution in [2.24, 2.45) is 0 Å². The molecule has 0 N–H and O–H groups in total. The van der Waals surface area contributed by atoms with Crippen LogP contribution in [0.4, 0.5) is 0 Å². The topological polar surface area (TPSA) is 64.4 Å². The summed E-state index contributed by atoms with van der Waals surface area (Å²) in [5, 5.41) is 0.600. The van der Waals surface area contributed by atoms with E-state index in [1.165, 1.54) is 22.2 Å². The van der Waals surface area contributed by atoms with Crippen LogP contribution in [0.1, 0.15) is 19.4 Å². The van der Waals surface area contributed by atoms with Gasteiger partial charge in [-0.25, -0.2) is 4.98 Å². The molecule has 0 radical (unpaired) electrons. The molecule has 6 nitrogen and oxygen atoms in total. The number of carbonyl (C=O) groups excluding carboxylic acids is 1. The molecule has 1 amide bonds. The summed E-state index contributed by atoms with van der Waals surface area (Å²) in [4.78, 5) is 33.8. The lowest BCUT2D eigenvalue weighted by Gasteiger charge is -2.35. The minimum absolute atomic E-state index is 0.00224. The van der Waals surface area contributed by atoms with Gasteiger partial charge in [-0.15, -0.1) is 11.3 Å². The number of rotatable bonds is 3. The summed E-state index contributed by atoms with van der Waals surface area (Å²) >= 11 is 1.51. The Morgan fingerprint density at radius 2 is 1.89 bits per heavy atom. The van der Waals surface area contributed by atoms with Gasteiger partial charge in [-0.05, 0) is 31.9 Å². The van der Waals surface area contributed by atoms with Gasteiger partial charge in [0.25, 0.3) is 5.56 Å².